The molecule has 0 aliphatic heterocycles. The predicted molar refractivity (Wildman–Crippen MR) is 65.6 cm³/mol. The molecular formula is C11H11Cl2NO3. The summed E-state index contributed by atoms with van der Waals surface area (Å²) >= 11 is 11.5. The van der Waals surface area contributed by atoms with E-state index in [-0.39, 0.29) is 10.6 Å². The Kier molecular flexibility index (Phi) is 4.78. The van der Waals surface area contributed by atoms with Crippen molar-refractivity contribution in [2.75, 3.05) is 0 Å². The van der Waals surface area contributed by atoms with Gasteiger partial charge in [0.2, 0.25) is 0 Å². The van der Waals surface area contributed by atoms with Crippen LogP contribution in [-0.4, -0.2) is 23.0 Å². The van der Waals surface area contributed by atoms with Gasteiger partial charge in [-0.3, -0.25) is 4.79 Å². The molecule has 0 aliphatic rings. The molecule has 1 aromatic carbocycles. The summed E-state index contributed by atoms with van der Waals surface area (Å²) in [5.41, 5.74) is 0.277. The Bertz CT molecular complexity index is 448. The summed E-state index contributed by atoms with van der Waals surface area (Å²) in [6, 6.07) is 3.46. The maximum Gasteiger partial charge on any atom is 0.326 e. The largest absolute Gasteiger partial charge is 0.480 e. The first kappa shape index (κ1) is 13.8. The van der Waals surface area contributed by atoms with E-state index in [9.17, 15) is 9.59 Å². The molecule has 1 amide bonds. The molecule has 1 aromatic rings. The van der Waals surface area contributed by atoms with E-state index < -0.39 is 17.9 Å². The average molecular weight is 276 g/mol. The molecule has 0 aromatic heterocycles. The minimum Gasteiger partial charge on any atom is -0.480 e. The number of hydrogen-bond acceptors (Lipinski definition) is 2. The molecule has 1 atom stereocenters. The lowest BCUT2D eigenvalue weighted by atomic mass is 10.1. The highest BCUT2D eigenvalue weighted by atomic mass is 35.5. The van der Waals surface area contributed by atoms with Gasteiger partial charge in [-0.2, -0.15) is 0 Å². The first-order chi connectivity index (χ1) is 7.95. The zero-order valence-corrected chi connectivity index (χ0v) is 10.5. The fraction of sp³-hybridized carbons (Fsp3) is 0.273. The van der Waals surface area contributed by atoms with Crippen molar-refractivity contribution < 1.29 is 14.7 Å². The SMILES string of the molecule is CC[C@H](NC(=O)c1ccc(Cl)c(Cl)c1)C(=O)O. The first-order valence-corrected chi connectivity index (χ1v) is 5.70. The summed E-state index contributed by atoms with van der Waals surface area (Å²) in [5, 5.41) is 11.8. The number of carboxylic acids is 1. The molecule has 0 unspecified atom stereocenters. The van der Waals surface area contributed by atoms with Crippen LogP contribution in [0.3, 0.4) is 0 Å². The van der Waals surface area contributed by atoms with E-state index in [2.05, 4.69) is 5.32 Å². The standard InChI is InChI=1S/C11H11Cl2NO3/c1-2-9(11(16)17)14-10(15)6-3-4-7(12)8(13)5-6/h3-5,9H,2H2,1H3,(H,14,15)(H,16,17)/t9-/m0/s1. The Hall–Kier alpha value is -1.26. The number of nitrogens with one attached hydrogen (secondary N) is 1. The summed E-state index contributed by atoms with van der Waals surface area (Å²) < 4.78 is 0. The van der Waals surface area contributed by atoms with Gasteiger partial charge in [-0.05, 0) is 24.6 Å². The van der Waals surface area contributed by atoms with Crippen molar-refractivity contribution in [3.8, 4) is 0 Å². The van der Waals surface area contributed by atoms with Crippen LogP contribution in [0, 0.1) is 0 Å². The highest BCUT2D eigenvalue weighted by molar-refractivity contribution is 6.42. The van der Waals surface area contributed by atoms with E-state index in [0.29, 0.717) is 11.4 Å². The monoisotopic (exact) mass is 275 g/mol. The second-order valence-electron chi connectivity index (χ2n) is 3.40. The summed E-state index contributed by atoms with van der Waals surface area (Å²) in [6.45, 7) is 1.67. The molecule has 0 bridgehead atoms. The quantitative estimate of drug-likeness (QED) is 0.888. The third kappa shape index (κ3) is 3.61. The van der Waals surface area contributed by atoms with Gasteiger partial charge in [0.1, 0.15) is 6.04 Å². The van der Waals surface area contributed by atoms with Gasteiger partial charge in [0.15, 0.2) is 0 Å². The lowest BCUT2D eigenvalue weighted by Gasteiger charge is -2.12. The number of amides is 1. The molecular weight excluding hydrogens is 265 g/mol. The van der Waals surface area contributed by atoms with Crippen LogP contribution < -0.4 is 5.32 Å². The minimum atomic E-state index is -1.07. The Balaban J connectivity index is 2.82. The summed E-state index contributed by atoms with van der Waals surface area (Å²) in [5.74, 6) is -1.56. The Morgan fingerprint density at radius 2 is 2.00 bits per heavy atom. The van der Waals surface area contributed by atoms with Crippen molar-refractivity contribution >= 4 is 35.1 Å². The highest BCUT2D eigenvalue weighted by Gasteiger charge is 2.18. The number of hydrogen-bond donors (Lipinski definition) is 2. The number of carbonyl (C=O) groups excluding carboxylic acids is 1. The van der Waals surface area contributed by atoms with E-state index in [0.717, 1.165) is 0 Å². The molecule has 0 heterocycles. The maximum absolute atomic E-state index is 11.7. The van der Waals surface area contributed by atoms with Gasteiger partial charge >= 0.3 is 5.97 Å². The normalized spacial score (nSPS) is 11.9. The minimum absolute atomic E-state index is 0.252. The van der Waals surface area contributed by atoms with E-state index in [1.54, 1.807) is 6.92 Å². The van der Waals surface area contributed by atoms with E-state index in [1.165, 1.54) is 18.2 Å². The lowest BCUT2D eigenvalue weighted by Crippen LogP contribution is -2.40. The predicted octanol–water partition coefficient (Wildman–Crippen LogP) is 2.59. The topological polar surface area (TPSA) is 66.4 Å². The van der Waals surface area contributed by atoms with E-state index >= 15 is 0 Å². The van der Waals surface area contributed by atoms with Crippen molar-refractivity contribution in [2.45, 2.75) is 19.4 Å². The summed E-state index contributed by atoms with van der Waals surface area (Å²) in [4.78, 5) is 22.5. The number of rotatable bonds is 4. The van der Waals surface area contributed by atoms with Crippen molar-refractivity contribution in [3.63, 3.8) is 0 Å². The molecule has 0 saturated carbocycles. The van der Waals surface area contributed by atoms with Crippen LogP contribution in [0.4, 0.5) is 0 Å². The van der Waals surface area contributed by atoms with Gasteiger partial charge in [0.25, 0.3) is 5.91 Å². The van der Waals surface area contributed by atoms with Crippen LogP contribution in [0.25, 0.3) is 0 Å². The van der Waals surface area contributed by atoms with Crippen LogP contribution in [0.2, 0.25) is 10.0 Å². The first-order valence-electron chi connectivity index (χ1n) is 4.94. The highest BCUT2D eigenvalue weighted by Crippen LogP contribution is 2.22. The van der Waals surface area contributed by atoms with Crippen molar-refractivity contribution in [2.24, 2.45) is 0 Å². The number of carboxylic acid groups (broad SMARTS) is 1. The molecule has 4 nitrogen and oxygen atoms in total. The van der Waals surface area contributed by atoms with Crippen LogP contribution in [-0.2, 0) is 4.79 Å². The molecule has 0 radical (unpaired) electrons. The molecule has 1 rings (SSSR count). The Morgan fingerprint density at radius 3 is 2.47 bits per heavy atom. The molecule has 92 valence electrons. The maximum atomic E-state index is 11.7. The van der Waals surface area contributed by atoms with Crippen LogP contribution in [0.1, 0.15) is 23.7 Å². The molecule has 0 spiro atoms. The van der Waals surface area contributed by atoms with E-state index in [4.69, 9.17) is 28.3 Å². The van der Waals surface area contributed by atoms with Crippen molar-refractivity contribution in [1.29, 1.82) is 0 Å². The molecule has 6 heteroatoms. The number of aliphatic carboxylic acids is 1. The van der Waals surface area contributed by atoms with Gasteiger partial charge in [0, 0.05) is 5.56 Å². The number of benzene rings is 1. The summed E-state index contributed by atoms with van der Waals surface area (Å²) in [7, 11) is 0. The smallest absolute Gasteiger partial charge is 0.326 e. The zero-order chi connectivity index (χ0) is 13.0. The summed E-state index contributed by atoms with van der Waals surface area (Å²) in [6.07, 6.45) is 0.308. The van der Waals surface area contributed by atoms with Gasteiger partial charge < -0.3 is 10.4 Å². The van der Waals surface area contributed by atoms with Crippen LogP contribution in [0.15, 0.2) is 18.2 Å². The van der Waals surface area contributed by atoms with Crippen molar-refractivity contribution in [1.82, 2.24) is 5.32 Å². The molecule has 0 fully saturated rings. The third-order valence-corrected chi connectivity index (χ3v) is 2.93. The van der Waals surface area contributed by atoms with E-state index in [1.807, 2.05) is 0 Å². The van der Waals surface area contributed by atoms with Crippen LogP contribution >= 0.6 is 23.2 Å². The Morgan fingerprint density at radius 1 is 1.35 bits per heavy atom. The van der Waals surface area contributed by atoms with Crippen molar-refractivity contribution in [3.05, 3.63) is 33.8 Å². The fourth-order valence-electron chi connectivity index (χ4n) is 1.22. The van der Waals surface area contributed by atoms with Crippen LogP contribution in [0.5, 0.6) is 0 Å². The number of halogens is 2. The average Bonchev–Trinajstić information content (AvgIpc) is 2.28. The second-order valence-corrected chi connectivity index (χ2v) is 4.22. The molecule has 0 aliphatic carbocycles. The lowest BCUT2D eigenvalue weighted by molar-refractivity contribution is -0.139. The second kappa shape index (κ2) is 5.89. The van der Waals surface area contributed by atoms with Gasteiger partial charge in [0.05, 0.1) is 10.0 Å². The van der Waals surface area contributed by atoms with Gasteiger partial charge in [-0.15, -0.1) is 0 Å². The molecule has 2 N–H and O–H groups in total. The Labute approximate surface area is 109 Å². The molecule has 0 saturated heterocycles. The fourth-order valence-corrected chi connectivity index (χ4v) is 1.52. The number of carbonyl (C=O) groups is 2. The van der Waals surface area contributed by atoms with Gasteiger partial charge in [-0.1, -0.05) is 30.1 Å². The zero-order valence-electron chi connectivity index (χ0n) is 9.04. The molecule has 17 heavy (non-hydrogen) atoms. The van der Waals surface area contributed by atoms with Gasteiger partial charge in [-0.25, -0.2) is 4.79 Å². The third-order valence-electron chi connectivity index (χ3n) is 2.19.